The highest BCUT2D eigenvalue weighted by Gasteiger charge is 2.20. The maximum atomic E-state index is 12.8. The Morgan fingerprint density at radius 2 is 1.93 bits per heavy atom. The van der Waals surface area contributed by atoms with E-state index >= 15 is 0 Å². The highest BCUT2D eigenvalue weighted by Crippen LogP contribution is 2.24. The van der Waals surface area contributed by atoms with Crippen LogP contribution in [-0.4, -0.2) is 43.8 Å². The summed E-state index contributed by atoms with van der Waals surface area (Å²) in [6.07, 6.45) is 2.02. The van der Waals surface area contributed by atoms with Crippen LogP contribution in [0.1, 0.15) is 41.4 Å². The summed E-state index contributed by atoms with van der Waals surface area (Å²) < 4.78 is 5.38. The molecule has 0 heterocycles. The van der Waals surface area contributed by atoms with E-state index in [4.69, 9.17) is 4.74 Å². The molecule has 5 heteroatoms. The van der Waals surface area contributed by atoms with Crippen LogP contribution in [0.25, 0.3) is 0 Å². The van der Waals surface area contributed by atoms with Gasteiger partial charge in [0.25, 0.3) is 5.91 Å². The fourth-order valence-corrected chi connectivity index (χ4v) is 3.67. The molecule has 2 aromatic carbocycles. The first kappa shape index (κ1) is 21.3. The largest absolute Gasteiger partial charge is 0.497 e. The summed E-state index contributed by atoms with van der Waals surface area (Å²) >= 11 is 1.64. The van der Waals surface area contributed by atoms with Crippen LogP contribution in [0, 0.1) is 6.92 Å². The van der Waals surface area contributed by atoms with E-state index in [1.807, 2.05) is 43.5 Å². The van der Waals surface area contributed by atoms with Crippen LogP contribution in [-0.2, 0) is 0 Å². The van der Waals surface area contributed by atoms with E-state index in [1.54, 1.807) is 18.9 Å². The molecule has 0 aliphatic carbocycles. The zero-order chi connectivity index (χ0) is 19.8. The highest BCUT2D eigenvalue weighted by atomic mass is 32.2. The highest BCUT2D eigenvalue weighted by molar-refractivity contribution is 7.98. The van der Waals surface area contributed by atoms with Crippen LogP contribution in [0.5, 0.6) is 5.75 Å². The average Bonchev–Trinajstić information content (AvgIpc) is 2.71. The van der Waals surface area contributed by atoms with Crippen molar-refractivity contribution in [3.63, 3.8) is 0 Å². The Labute approximate surface area is 167 Å². The van der Waals surface area contributed by atoms with Crippen molar-refractivity contribution in [3.8, 4) is 5.75 Å². The number of hydrogen-bond acceptors (Lipinski definition) is 4. The van der Waals surface area contributed by atoms with E-state index in [9.17, 15) is 4.79 Å². The normalized spacial score (nSPS) is 12.1. The molecule has 0 saturated heterocycles. The Bertz CT molecular complexity index is 760. The van der Waals surface area contributed by atoms with Crippen LogP contribution in [0.3, 0.4) is 0 Å². The van der Waals surface area contributed by atoms with E-state index in [0.29, 0.717) is 6.54 Å². The third kappa shape index (κ3) is 5.50. The molecule has 1 amide bonds. The molecule has 27 heavy (non-hydrogen) atoms. The summed E-state index contributed by atoms with van der Waals surface area (Å²) in [6.45, 7) is 8.64. The number of likely N-dealkylation sites (N-methyl/N-ethyl adjacent to an activating group) is 1. The van der Waals surface area contributed by atoms with Gasteiger partial charge in [0.15, 0.2) is 0 Å². The molecular formula is C22H30N2O2S. The lowest BCUT2D eigenvalue weighted by Gasteiger charge is -2.30. The van der Waals surface area contributed by atoms with Gasteiger partial charge in [-0.2, -0.15) is 0 Å². The quantitative estimate of drug-likeness (QED) is 0.643. The average molecular weight is 387 g/mol. The molecule has 0 aliphatic heterocycles. The Balaban J connectivity index is 2.21. The molecule has 0 bridgehead atoms. The number of aryl methyl sites for hydroxylation is 1. The van der Waals surface area contributed by atoms with Crippen molar-refractivity contribution in [1.29, 1.82) is 0 Å². The number of benzene rings is 2. The van der Waals surface area contributed by atoms with Crippen LogP contribution >= 0.6 is 11.8 Å². The molecule has 2 aromatic rings. The standard InChI is InChI=1S/C22H30N2O2S/c1-6-24(7-2)21(17-9-8-10-18(13-17)26-4)15-23-22(25)20-14-19(27-5)12-11-16(20)3/h8-14,21H,6-7,15H2,1-5H3,(H,23,25). The monoisotopic (exact) mass is 386 g/mol. The van der Waals surface area contributed by atoms with Gasteiger partial charge in [0, 0.05) is 17.0 Å². The minimum atomic E-state index is -0.0246. The Hall–Kier alpha value is -1.98. The first-order chi connectivity index (χ1) is 13.0. The second kappa shape index (κ2) is 10.4. The minimum absolute atomic E-state index is 0.0246. The van der Waals surface area contributed by atoms with Gasteiger partial charge in [-0.15, -0.1) is 11.8 Å². The summed E-state index contributed by atoms with van der Waals surface area (Å²) in [4.78, 5) is 16.3. The summed E-state index contributed by atoms with van der Waals surface area (Å²) in [6, 6.07) is 14.2. The SMILES string of the molecule is CCN(CC)C(CNC(=O)c1cc(SC)ccc1C)c1cccc(OC)c1. The number of thioether (sulfide) groups is 1. The molecule has 0 fully saturated rings. The minimum Gasteiger partial charge on any atom is -0.497 e. The topological polar surface area (TPSA) is 41.6 Å². The fraction of sp³-hybridized carbons (Fsp3) is 0.409. The third-order valence-corrected chi connectivity index (χ3v) is 5.60. The lowest BCUT2D eigenvalue weighted by atomic mass is 10.0. The maximum Gasteiger partial charge on any atom is 0.251 e. The second-order valence-corrected chi connectivity index (χ2v) is 7.28. The second-order valence-electron chi connectivity index (χ2n) is 6.40. The van der Waals surface area contributed by atoms with E-state index in [2.05, 4.69) is 36.2 Å². The van der Waals surface area contributed by atoms with Gasteiger partial charge in [-0.3, -0.25) is 9.69 Å². The number of carbonyl (C=O) groups is 1. The molecule has 0 aliphatic rings. The molecule has 0 aromatic heterocycles. The lowest BCUT2D eigenvalue weighted by Crippen LogP contribution is -2.38. The van der Waals surface area contributed by atoms with Gasteiger partial charge in [0.1, 0.15) is 5.75 Å². The van der Waals surface area contributed by atoms with Crippen LogP contribution in [0.15, 0.2) is 47.4 Å². The van der Waals surface area contributed by atoms with Gasteiger partial charge in [-0.05, 0) is 61.7 Å². The molecule has 0 spiro atoms. The predicted molar refractivity (Wildman–Crippen MR) is 114 cm³/mol. The van der Waals surface area contributed by atoms with E-state index in [-0.39, 0.29) is 11.9 Å². The summed E-state index contributed by atoms with van der Waals surface area (Å²) in [5.41, 5.74) is 2.88. The first-order valence-electron chi connectivity index (χ1n) is 9.34. The third-order valence-electron chi connectivity index (χ3n) is 4.88. The Morgan fingerprint density at radius 1 is 1.19 bits per heavy atom. The molecule has 0 saturated carbocycles. The number of rotatable bonds is 9. The van der Waals surface area contributed by atoms with Crippen molar-refractivity contribution in [2.45, 2.75) is 31.7 Å². The zero-order valence-corrected chi connectivity index (χ0v) is 17.7. The predicted octanol–water partition coefficient (Wildman–Crippen LogP) is 4.54. The van der Waals surface area contributed by atoms with Crippen molar-refractivity contribution in [3.05, 3.63) is 59.2 Å². The molecule has 2 rings (SSSR count). The van der Waals surface area contributed by atoms with E-state index in [0.717, 1.165) is 40.4 Å². The Kier molecular flexibility index (Phi) is 8.20. The number of nitrogens with one attached hydrogen (secondary N) is 1. The number of ether oxygens (including phenoxy) is 1. The van der Waals surface area contributed by atoms with Crippen molar-refractivity contribution in [2.24, 2.45) is 0 Å². The molecule has 146 valence electrons. The number of hydrogen-bond donors (Lipinski definition) is 1. The number of nitrogens with zero attached hydrogens (tertiary/aromatic N) is 1. The molecule has 1 atom stereocenters. The van der Waals surface area contributed by atoms with E-state index < -0.39 is 0 Å². The molecule has 4 nitrogen and oxygen atoms in total. The van der Waals surface area contributed by atoms with Crippen molar-refractivity contribution >= 4 is 17.7 Å². The maximum absolute atomic E-state index is 12.8. The lowest BCUT2D eigenvalue weighted by molar-refractivity contribution is 0.0934. The van der Waals surface area contributed by atoms with Gasteiger partial charge >= 0.3 is 0 Å². The molecule has 1 N–H and O–H groups in total. The number of methoxy groups -OCH3 is 1. The van der Waals surface area contributed by atoms with Gasteiger partial charge in [-0.1, -0.05) is 32.0 Å². The van der Waals surface area contributed by atoms with Gasteiger partial charge in [-0.25, -0.2) is 0 Å². The summed E-state index contributed by atoms with van der Waals surface area (Å²) in [7, 11) is 1.68. The fourth-order valence-electron chi connectivity index (χ4n) is 3.23. The van der Waals surface area contributed by atoms with Gasteiger partial charge in [0.2, 0.25) is 0 Å². The first-order valence-corrected chi connectivity index (χ1v) is 10.6. The van der Waals surface area contributed by atoms with Crippen molar-refractivity contribution in [1.82, 2.24) is 10.2 Å². The van der Waals surface area contributed by atoms with E-state index in [1.165, 1.54) is 0 Å². The summed E-state index contributed by atoms with van der Waals surface area (Å²) in [5, 5.41) is 3.15. The van der Waals surface area contributed by atoms with Gasteiger partial charge in [0.05, 0.1) is 13.2 Å². The summed E-state index contributed by atoms with van der Waals surface area (Å²) in [5.74, 6) is 0.808. The molecule has 1 unspecified atom stereocenters. The molecule has 0 radical (unpaired) electrons. The van der Waals surface area contributed by atoms with Crippen LogP contribution in [0.4, 0.5) is 0 Å². The smallest absolute Gasteiger partial charge is 0.251 e. The number of amides is 1. The van der Waals surface area contributed by atoms with Gasteiger partial charge < -0.3 is 10.1 Å². The van der Waals surface area contributed by atoms with Crippen LogP contribution in [0.2, 0.25) is 0 Å². The zero-order valence-electron chi connectivity index (χ0n) is 16.9. The van der Waals surface area contributed by atoms with Crippen molar-refractivity contribution in [2.75, 3.05) is 33.0 Å². The molecular weight excluding hydrogens is 356 g/mol. The Morgan fingerprint density at radius 3 is 2.56 bits per heavy atom. The number of carbonyl (C=O) groups excluding carboxylic acids is 1. The van der Waals surface area contributed by atoms with Crippen molar-refractivity contribution < 1.29 is 9.53 Å². The van der Waals surface area contributed by atoms with Crippen LogP contribution < -0.4 is 10.1 Å².